The first kappa shape index (κ1) is 13.0. The van der Waals surface area contributed by atoms with Crippen LogP contribution in [0.15, 0.2) is 18.2 Å². The molecule has 0 saturated carbocycles. The summed E-state index contributed by atoms with van der Waals surface area (Å²) < 4.78 is 10.7. The highest BCUT2D eigenvalue weighted by molar-refractivity contribution is 5.62. The molecule has 4 heteroatoms. The van der Waals surface area contributed by atoms with Gasteiger partial charge in [-0.3, -0.25) is 0 Å². The number of ether oxygens (including phenoxy) is 2. The van der Waals surface area contributed by atoms with Crippen LogP contribution >= 0.6 is 0 Å². The third-order valence-corrected chi connectivity index (χ3v) is 3.55. The maximum Gasteiger partial charge on any atom is 0.142 e. The highest BCUT2D eigenvalue weighted by atomic mass is 16.5. The highest BCUT2D eigenvalue weighted by Crippen LogP contribution is 2.35. The molecule has 0 amide bonds. The molecule has 18 heavy (non-hydrogen) atoms. The molecule has 1 heterocycles. The van der Waals surface area contributed by atoms with E-state index >= 15 is 0 Å². The minimum absolute atomic E-state index is 0.272. The van der Waals surface area contributed by atoms with E-state index in [1.54, 1.807) is 14.2 Å². The van der Waals surface area contributed by atoms with Crippen LogP contribution in [0.3, 0.4) is 0 Å². The van der Waals surface area contributed by atoms with Gasteiger partial charge in [-0.2, -0.15) is 0 Å². The molecule has 1 unspecified atom stereocenters. The molecule has 100 valence electrons. The summed E-state index contributed by atoms with van der Waals surface area (Å²) in [6, 6.07) is 5.86. The number of anilines is 1. The first-order chi connectivity index (χ1) is 8.78. The Labute approximate surface area is 108 Å². The first-order valence-corrected chi connectivity index (χ1v) is 6.36. The van der Waals surface area contributed by atoms with E-state index in [-0.39, 0.29) is 6.61 Å². The molecule has 1 atom stereocenters. The van der Waals surface area contributed by atoms with Crippen molar-refractivity contribution in [1.82, 2.24) is 0 Å². The van der Waals surface area contributed by atoms with Crippen LogP contribution in [0.5, 0.6) is 11.5 Å². The van der Waals surface area contributed by atoms with Crippen molar-refractivity contribution in [2.45, 2.75) is 12.8 Å². The maximum absolute atomic E-state index is 9.00. The predicted molar refractivity (Wildman–Crippen MR) is 71.6 cm³/mol. The van der Waals surface area contributed by atoms with Gasteiger partial charge < -0.3 is 19.5 Å². The Kier molecular flexibility index (Phi) is 4.31. The molecule has 0 spiro atoms. The van der Waals surface area contributed by atoms with Crippen molar-refractivity contribution in [3.8, 4) is 11.5 Å². The molecule has 4 nitrogen and oxygen atoms in total. The van der Waals surface area contributed by atoms with Crippen molar-refractivity contribution >= 4 is 5.69 Å². The molecule has 1 aliphatic rings. The average Bonchev–Trinajstić information content (AvgIpc) is 2.87. The number of benzene rings is 1. The lowest BCUT2D eigenvalue weighted by molar-refractivity contribution is 0.263. The molecule has 1 N–H and O–H groups in total. The summed E-state index contributed by atoms with van der Waals surface area (Å²) in [5.41, 5.74) is 1.08. The Bertz CT molecular complexity index is 395. The van der Waals surface area contributed by atoms with Gasteiger partial charge in [-0.15, -0.1) is 0 Å². The molecule has 0 aliphatic carbocycles. The van der Waals surface area contributed by atoms with Crippen molar-refractivity contribution in [3.05, 3.63) is 18.2 Å². The van der Waals surface area contributed by atoms with Gasteiger partial charge in [-0.05, 0) is 30.9 Å². The summed E-state index contributed by atoms with van der Waals surface area (Å²) in [6.07, 6.45) is 2.00. The van der Waals surface area contributed by atoms with Crippen molar-refractivity contribution < 1.29 is 14.6 Å². The van der Waals surface area contributed by atoms with E-state index in [2.05, 4.69) is 4.90 Å². The lowest BCUT2D eigenvalue weighted by Gasteiger charge is -2.22. The zero-order valence-corrected chi connectivity index (χ0v) is 11.1. The van der Waals surface area contributed by atoms with E-state index in [1.165, 1.54) is 0 Å². The second-order valence-corrected chi connectivity index (χ2v) is 4.65. The molecule has 0 radical (unpaired) electrons. The second-order valence-electron chi connectivity index (χ2n) is 4.65. The van der Waals surface area contributed by atoms with E-state index < -0.39 is 0 Å². The zero-order valence-electron chi connectivity index (χ0n) is 11.1. The number of nitrogens with zero attached hydrogens (tertiary/aromatic N) is 1. The molecule has 1 aromatic rings. The summed E-state index contributed by atoms with van der Waals surface area (Å²) in [7, 11) is 3.36. The van der Waals surface area contributed by atoms with Crippen LogP contribution in [-0.2, 0) is 0 Å². The molecule has 1 aromatic carbocycles. The fraction of sp³-hybridized carbons (Fsp3) is 0.571. The van der Waals surface area contributed by atoms with Crippen molar-refractivity contribution in [3.63, 3.8) is 0 Å². The number of hydrogen-bond acceptors (Lipinski definition) is 4. The Hall–Kier alpha value is -1.42. The lowest BCUT2D eigenvalue weighted by atomic mass is 10.1. The molecule has 0 aromatic heterocycles. The number of aliphatic hydroxyl groups excluding tert-OH is 1. The maximum atomic E-state index is 9.00. The van der Waals surface area contributed by atoms with Gasteiger partial charge in [0, 0.05) is 25.8 Å². The van der Waals surface area contributed by atoms with E-state index in [9.17, 15) is 0 Å². The monoisotopic (exact) mass is 251 g/mol. The summed E-state index contributed by atoms with van der Waals surface area (Å²) in [5.74, 6) is 2.29. The SMILES string of the molecule is COc1ccc(OC)c(N2CCC(CCO)C2)c1. The molecule has 2 rings (SSSR count). The molecular formula is C14H21NO3. The Morgan fingerprint density at radius 2 is 2.17 bits per heavy atom. The zero-order chi connectivity index (χ0) is 13.0. The normalized spacial score (nSPS) is 19.1. The summed E-state index contributed by atoms with van der Waals surface area (Å²) in [4.78, 5) is 2.31. The minimum Gasteiger partial charge on any atom is -0.497 e. The number of rotatable bonds is 5. The summed E-state index contributed by atoms with van der Waals surface area (Å²) in [5, 5.41) is 9.00. The molecule has 1 saturated heterocycles. The first-order valence-electron chi connectivity index (χ1n) is 6.36. The van der Waals surface area contributed by atoms with Gasteiger partial charge in [0.2, 0.25) is 0 Å². The van der Waals surface area contributed by atoms with Crippen LogP contribution in [0.2, 0.25) is 0 Å². The average molecular weight is 251 g/mol. The van der Waals surface area contributed by atoms with E-state index in [0.29, 0.717) is 5.92 Å². The molecule has 1 aliphatic heterocycles. The van der Waals surface area contributed by atoms with Gasteiger partial charge in [-0.1, -0.05) is 0 Å². The number of aliphatic hydroxyl groups is 1. The summed E-state index contributed by atoms with van der Waals surface area (Å²) >= 11 is 0. The Morgan fingerprint density at radius 1 is 1.33 bits per heavy atom. The Morgan fingerprint density at radius 3 is 2.83 bits per heavy atom. The van der Waals surface area contributed by atoms with Gasteiger partial charge in [0.1, 0.15) is 11.5 Å². The standard InChI is InChI=1S/C14H21NO3/c1-17-12-3-4-14(18-2)13(9-12)15-7-5-11(10-15)6-8-16/h3-4,9,11,16H,5-8,10H2,1-2H3. The van der Waals surface area contributed by atoms with Gasteiger partial charge >= 0.3 is 0 Å². The van der Waals surface area contributed by atoms with Gasteiger partial charge in [0.25, 0.3) is 0 Å². The second kappa shape index (κ2) is 5.96. The van der Waals surface area contributed by atoms with Crippen molar-refractivity contribution in [2.75, 3.05) is 38.8 Å². The van der Waals surface area contributed by atoms with Crippen LogP contribution in [0.25, 0.3) is 0 Å². The third-order valence-electron chi connectivity index (χ3n) is 3.55. The van der Waals surface area contributed by atoms with E-state index in [0.717, 1.165) is 43.1 Å². The van der Waals surface area contributed by atoms with Crippen LogP contribution in [-0.4, -0.2) is 39.0 Å². The third kappa shape index (κ3) is 2.70. The van der Waals surface area contributed by atoms with Crippen molar-refractivity contribution in [1.29, 1.82) is 0 Å². The van der Waals surface area contributed by atoms with Crippen LogP contribution in [0.1, 0.15) is 12.8 Å². The number of methoxy groups -OCH3 is 2. The molecule has 0 bridgehead atoms. The quantitative estimate of drug-likeness (QED) is 0.868. The minimum atomic E-state index is 0.272. The van der Waals surface area contributed by atoms with Crippen LogP contribution < -0.4 is 14.4 Å². The fourth-order valence-electron chi connectivity index (χ4n) is 2.51. The largest absolute Gasteiger partial charge is 0.497 e. The van der Waals surface area contributed by atoms with Crippen LogP contribution in [0, 0.1) is 5.92 Å². The van der Waals surface area contributed by atoms with E-state index in [1.807, 2.05) is 18.2 Å². The van der Waals surface area contributed by atoms with E-state index in [4.69, 9.17) is 14.6 Å². The topological polar surface area (TPSA) is 41.9 Å². The molecular weight excluding hydrogens is 230 g/mol. The lowest BCUT2D eigenvalue weighted by Crippen LogP contribution is -2.20. The Balaban J connectivity index is 2.16. The predicted octanol–water partition coefficient (Wildman–Crippen LogP) is 1.91. The van der Waals surface area contributed by atoms with Gasteiger partial charge in [0.05, 0.1) is 19.9 Å². The highest BCUT2D eigenvalue weighted by Gasteiger charge is 2.24. The fourth-order valence-corrected chi connectivity index (χ4v) is 2.51. The van der Waals surface area contributed by atoms with Gasteiger partial charge in [0.15, 0.2) is 0 Å². The molecule has 1 fully saturated rings. The van der Waals surface area contributed by atoms with Crippen molar-refractivity contribution in [2.24, 2.45) is 5.92 Å². The van der Waals surface area contributed by atoms with Crippen LogP contribution in [0.4, 0.5) is 5.69 Å². The smallest absolute Gasteiger partial charge is 0.142 e. The summed E-state index contributed by atoms with van der Waals surface area (Å²) in [6.45, 7) is 2.26. The number of hydrogen-bond donors (Lipinski definition) is 1. The van der Waals surface area contributed by atoms with Gasteiger partial charge in [-0.25, -0.2) is 0 Å².